The summed E-state index contributed by atoms with van der Waals surface area (Å²) in [4.78, 5) is 0. The topological polar surface area (TPSA) is 80.4 Å². The van der Waals surface area contributed by atoms with E-state index in [-0.39, 0.29) is 0 Å². The minimum Gasteiger partial charge on any atom is -0.327 e. The summed E-state index contributed by atoms with van der Waals surface area (Å²) in [5.74, 6) is 0. The molecule has 4 nitrogen and oxygen atoms in total. The number of hydrogen-bond donors (Lipinski definition) is 2. The molecule has 0 amide bonds. The number of hydrogen-bond acceptors (Lipinski definition) is 3. The molecule has 2 unspecified atom stereocenters. The molecule has 0 aliphatic carbocycles. The van der Waals surface area contributed by atoms with Gasteiger partial charge < -0.3 is 5.73 Å². The van der Waals surface area contributed by atoms with Gasteiger partial charge in [0.25, 0.3) is 10.1 Å². The summed E-state index contributed by atoms with van der Waals surface area (Å²) < 4.78 is 28.8. The van der Waals surface area contributed by atoms with E-state index in [1.807, 2.05) is 0 Å². The SMILES string of the molecule is CC(N)C(C)S(=O)(=O)O. The molecule has 0 radical (unpaired) electrons. The van der Waals surface area contributed by atoms with Crippen LogP contribution in [0.4, 0.5) is 0 Å². The van der Waals surface area contributed by atoms with Crippen LogP contribution in [-0.2, 0) is 10.1 Å². The molecule has 0 rings (SSSR count). The highest BCUT2D eigenvalue weighted by Crippen LogP contribution is 1.99. The summed E-state index contributed by atoms with van der Waals surface area (Å²) in [6.07, 6.45) is 0. The van der Waals surface area contributed by atoms with Crippen LogP contribution < -0.4 is 5.73 Å². The van der Waals surface area contributed by atoms with Crippen molar-refractivity contribution < 1.29 is 13.0 Å². The molecule has 0 saturated carbocycles. The fraction of sp³-hybridized carbons (Fsp3) is 1.00. The van der Waals surface area contributed by atoms with Crippen LogP contribution in [-0.4, -0.2) is 24.3 Å². The Labute approximate surface area is 54.8 Å². The Morgan fingerprint density at radius 2 is 1.78 bits per heavy atom. The van der Waals surface area contributed by atoms with Gasteiger partial charge in [-0.3, -0.25) is 4.55 Å². The Hall–Kier alpha value is -0.130. The van der Waals surface area contributed by atoms with Crippen LogP contribution in [0.2, 0.25) is 0 Å². The summed E-state index contributed by atoms with van der Waals surface area (Å²) in [5.41, 5.74) is 5.18. The quantitative estimate of drug-likeness (QED) is 0.529. The van der Waals surface area contributed by atoms with Gasteiger partial charge in [-0.2, -0.15) is 8.42 Å². The smallest absolute Gasteiger partial charge is 0.269 e. The zero-order chi connectivity index (χ0) is 7.65. The standard InChI is InChI=1S/C4H11NO3S/c1-3(5)4(2)9(6,7)8/h3-4H,5H2,1-2H3,(H,6,7,8). The Kier molecular flexibility index (Phi) is 2.60. The van der Waals surface area contributed by atoms with E-state index in [0.717, 1.165) is 0 Å². The van der Waals surface area contributed by atoms with Crippen molar-refractivity contribution in [3.63, 3.8) is 0 Å². The molecular weight excluding hydrogens is 142 g/mol. The maximum atomic E-state index is 10.2. The second-order valence-corrected chi connectivity index (χ2v) is 3.85. The zero-order valence-corrected chi connectivity index (χ0v) is 6.22. The van der Waals surface area contributed by atoms with Crippen LogP contribution in [0.5, 0.6) is 0 Å². The summed E-state index contributed by atoms with van der Waals surface area (Å²) in [6.45, 7) is 2.89. The van der Waals surface area contributed by atoms with Crippen molar-refractivity contribution >= 4 is 10.1 Å². The van der Waals surface area contributed by atoms with Crippen molar-refractivity contribution in [3.05, 3.63) is 0 Å². The van der Waals surface area contributed by atoms with E-state index >= 15 is 0 Å². The Bertz CT molecular complexity index is 172. The molecule has 56 valence electrons. The predicted octanol–water partition coefficient (Wildman–Crippen LogP) is -0.390. The minimum absolute atomic E-state index is 0.528. The van der Waals surface area contributed by atoms with Gasteiger partial charge in [-0.25, -0.2) is 0 Å². The lowest BCUT2D eigenvalue weighted by Gasteiger charge is -2.10. The van der Waals surface area contributed by atoms with E-state index in [4.69, 9.17) is 10.3 Å². The van der Waals surface area contributed by atoms with Crippen molar-refractivity contribution in [1.29, 1.82) is 0 Å². The average molecular weight is 153 g/mol. The Balaban J connectivity index is 4.24. The van der Waals surface area contributed by atoms with Gasteiger partial charge >= 0.3 is 0 Å². The monoisotopic (exact) mass is 153 g/mol. The zero-order valence-electron chi connectivity index (χ0n) is 5.40. The third kappa shape index (κ3) is 2.78. The highest BCUT2D eigenvalue weighted by atomic mass is 32.2. The highest BCUT2D eigenvalue weighted by Gasteiger charge is 2.20. The normalized spacial score (nSPS) is 19.1. The predicted molar refractivity (Wildman–Crippen MR) is 34.7 cm³/mol. The second kappa shape index (κ2) is 2.64. The van der Waals surface area contributed by atoms with Crippen LogP contribution in [0.3, 0.4) is 0 Å². The van der Waals surface area contributed by atoms with E-state index in [1.54, 1.807) is 0 Å². The van der Waals surface area contributed by atoms with Crippen molar-refractivity contribution in [2.45, 2.75) is 25.1 Å². The number of nitrogens with two attached hydrogens (primary N) is 1. The molecule has 0 heterocycles. The van der Waals surface area contributed by atoms with Crippen LogP contribution in [0, 0.1) is 0 Å². The molecule has 2 atom stereocenters. The fourth-order valence-corrected chi connectivity index (χ4v) is 0.814. The summed E-state index contributed by atoms with van der Waals surface area (Å²) in [6, 6.07) is -0.528. The summed E-state index contributed by atoms with van der Waals surface area (Å²) in [5, 5.41) is -0.877. The maximum Gasteiger partial charge on any atom is 0.269 e. The van der Waals surface area contributed by atoms with E-state index in [9.17, 15) is 8.42 Å². The van der Waals surface area contributed by atoms with Gasteiger partial charge in [0.15, 0.2) is 0 Å². The van der Waals surface area contributed by atoms with Crippen LogP contribution in [0.15, 0.2) is 0 Å². The second-order valence-electron chi connectivity index (χ2n) is 2.08. The first-order valence-corrected chi connectivity index (χ1v) is 4.08. The summed E-state index contributed by atoms with van der Waals surface area (Å²) in [7, 11) is -3.93. The lowest BCUT2D eigenvalue weighted by Crippen LogP contribution is -2.35. The van der Waals surface area contributed by atoms with Gasteiger partial charge in [0.05, 0.1) is 5.25 Å². The van der Waals surface area contributed by atoms with E-state index in [0.29, 0.717) is 0 Å². The van der Waals surface area contributed by atoms with Gasteiger partial charge in [-0.1, -0.05) is 0 Å². The average Bonchev–Trinajstić information content (AvgIpc) is 1.62. The van der Waals surface area contributed by atoms with Gasteiger partial charge in [-0.05, 0) is 13.8 Å². The number of rotatable bonds is 2. The van der Waals surface area contributed by atoms with E-state index in [2.05, 4.69) is 0 Å². The van der Waals surface area contributed by atoms with Crippen molar-refractivity contribution in [2.24, 2.45) is 5.73 Å². The fourth-order valence-electron chi connectivity index (χ4n) is 0.271. The third-order valence-electron chi connectivity index (χ3n) is 1.21. The first-order valence-electron chi connectivity index (χ1n) is 2.57. The molecule has 0 aliphatic heterocycles. The van der Waals surface area contributed by atoms with Gasteiger partial charge in [0, 0.05) is 6.04 Å². The van der Waals surface area contributed by atoms with Crippen molar-refractivity contribution in [2.75, 3.05) is 0 Å². The largest absolute Gasteiger partial charge is 0.327 e. The van der Waals surface area contributed by atoms with Crippen LogP contribution in [0.25, 0.3) is 0 Å². The van der Waals surface area contributed by atoms with Crippen molar-refractivity contribution in [1.82, 2.24) is 0 Å². The third-order valence-corrected chi connectivity index (χ3v) is 2.58. The molecule has 0 aromatic heterocycles. The van der Waals surface area contributed by atoms with E-state index < -0.39 is 21.4 Å². The molecule has 0 saturated heterocycles. The van der Waals surface area contributed by atoms with Crippen LogP contribution in [0.1, 0.15) is 13.8 Å². The molecule has 9 heavy (non-hydrogen) atoms. The van der Waals surface area contributed by atoms with Crippen LogP contribution >= 0.6 is 0 Å². The van der Waals surface area contributed by atoms with Gasteiger partial charge in [0.1, 0.15) is 0 Å². The molecule has 5 heteroatoms. The van der Waals surface area contributed by atoms with Gasteiger partial charge in [-0.15, -0.1) is 0 Å². The van der Waals surface area contributed by atoms with E-state index in [1.165, 1.54) is 13.8 Å². The Morgan fingerprint density at radius 3 is 1.78 bits per heavy atom. The molecular formula is C4H11NO3S. The molecule has 3 N–H and O–H groups in total. The minimum atomic E-state index is -3.93. The van der Waals surface area contributed by atoms with Gasteiger partial charge in [0.2, 0.25) is 0 Å². The lowest BCUT2D eigenvalue weighted by atomic mass is 10.3. The molecule has 0 bridgehead atoms. The first kappa shape index (κ1) is 8.87. The Morgan fingerprint density at radius 1 is 1.44 bits per heavy atom. The molecule has 0 fully saturated rings. The maximum absolute atomic E-state index is 10.2. The lowest BCUT2D eigenvalue weighted by molar-refractivity contribution is 0.461. The molecule has 0 aromatic rings. The molecule has 0 spiro atoms. The van der Waals surface area contributed by atoms with Crippen molar-refractivity contribution in [3.8, 4) is 0 Å². The molecule has 0 aliphatic rings. The summed E-state index contributed by atoms with van der Waals surface area (Å²) >= 11 is 0. The first-order chi connectivity index (χ1) is 3.85. The highest BCUT2D eigenvalue weighted by molar-refractivity contribution is 7.86. The molecule has 0 aromatic carbocycles.